The number of halogens is 1. The van der Waals surface area contributed by atoms with Gasteiger partial charge in [0.2, 0.25) is 5.91 Å². The summed E-state index contributed by atoms with van der Waals surface area (Å²) in [6.45, 7) is 1.90. The largest absolute Gasteiger partial charge is 0.349 e. The number of aromatic nitrogens is 2. The standard InChI is InChI=1S/C21H20FN3O2S/c1-14(15-7-3-2-4-8-15)23-19(26)11-17-12-20(27)25-21(24-17)28-13-16-9-5-6-10-18(16)22/h2-10,12,14H,11,13H2,1H3,(H,23,26)(H,24,25,27)/t14-/m1/s1. The molecule has 0 saturated carbocycles. The number of hydrogen-bond acceptors (Lipinski definition) is 4. The van der Waals surface area contributed by atoms with E-state index in [0.29, 0.717) is 22.2 Å². The molecule has 7 heteroatoms. The summed E-state index contributed by atoms with van der Waals surface area (Å²) in [6.07, 6.45) is -0.00560. The third-order valence-electron chi connectivity index (χ3n) is 4.11. The van der Waals surface area contributed by atoms with E-state index in [2.05, 4.69) is 15.3 Å². The van der Waals surface area contributed by atoms with Crippen molar-refractivity contribution in [3.8, 4) is 0 Å². The van der Waals surface area contributed by atoms with Crippen LogP contribution in [0.3, 0.4) is 0 Å². The molecule has 0 spiro atoms. The molecule has 0 aliphatic rings. The number of thioether (sulfide) groups is 1. The van der Waals surface area contributed by atoms with Gasteiger partial charge < -0.3 is 10.3 Å². The Balaban J connectivity index is 1.63. The van der Waals surface area contributed by atoms with Gasteiger partial charge in [0, 0.05) is 11.8 Å². The van der Waals surface area contributed by atoms with E-state index in [0.717, 1.165) is 5.56 Å². The molecule has 0 aliphatic carbocycles. The molecule has 0 unspecified atom stereocenters. The predicted molar refractivity (Wildman–Crippen MR) is 108 cm³/mol. The van der Waals surface area contributed by atoms with Crippen molar-refractivity contribution in [3.05, 3.63) is 93.7 Å². The van der Waals surface area contributed by atoms with Crippen LogP contribution in [-0.4, -0.2) is 15.9 Å². The Kier molecular flexibility index (Phi) is 6.60. The molecular weight excluding hydrogens is 377 g/mol. The summed E-state index contributed by atoms with van der Waals surface area (Å²) in [6, 6.07) is 17.2. The lowest BCUT2D eigenvalue weighted by atomic mass is 10.1. The van der Waals surface area contributed by atoms with Crippen molar-refractivity contribution in [2.24, 2.45) is 0 Å². The number of carbonyl (C=O) groups is 1. The molecule has 5 nitrogen and oxygen atoms in total. The second kappa shape index (κ2) is 9.32. The number of aromatic amines is 1. The average Bonchev–Trinajstić information content (AvgIpc) is 2.67. The molecule has 0 radical (unpaired) electrons. The molecule has 2 N–H and O–H groups in total. The Morgan fingerprint density at radius 2 is 1.89 bits per heavy atom. The van der Waals surface area contributed by atoms with Gasteiger partial charge in [-0.05, 0) is 24.1 Å². The van der Waals surface area contributed by atoms with Crippen LogP contribution in [0.25, 0.3) is 0 Å². The molecule has 3 aromatic rings. The van der Waals surface area contributed by atoms with Crippen molar-refractivity contribution in [1.82, 2.24) is 15.3 Å². The molecule has 1 heterocycles. The minimum absolute atomic E-state index is 0.00560. The third kappa shape index (κ3) is 5.53. The Labute approximate surface area is 166 Å². The second-order valence-corrected chi connectivity index (χ2v) is 7.26. The summed E-state index contributed by atoms with van der Waals surface area (Å²) in [5.74, 6) is -0.196. The molecule has 0 fully saturated rings. The van der Waals surface area contributed by atoms with Crippen LogP contribution in [0.1, 0.15) is 29.8 Å². The molecule has 144 valence electrons. The first-order valence-electron chi connectivity index (χ1n) is 8.82. The first-order valence-corrected chi connectivity index (χ1v) is 9.80. The van der Waals surface area contributed by atoms with Crippen molar-refractivity contribution < 1.29 is 9.18 Å². The molecule has 1 aromatic heterocycles. The summed E-state index contributed by atoms with van der Waals surface area (Å²) in [5, 5.41) is 3.26. The van der Waals surface area contributed by atoms with E-state index >= 15 is 0 Å². The maximum absolute atomic E-state index is 13.7. The lowest BCUT2D eigenvalue weighted by molar-refractivity contribution is -0.121. The zero-order valence-corrected chi connectivity index (χ0v) is 16.1. The van der Waals surface area contributed by atoms with Crippen LogP contribution >= 0.6 is 11.8 Å². The highest BCUT2D eigenvalue weighted by Gasteiger charge is 2.12. The van der Waals surface area contributed by atoms with E-state index in [-0.39, 0.29) is 29.7 Å². The van der Waals surface area contributed by atoms with Crippen LogP contribution in [0.5, 0.6) is 0 Å². The van der Waals surface area contributed by atoms with Gasteiger partial charge in [0.1, 0.15) is 5.82 Å². The number of H-pyrrole nitrogens is 1. The Morgan fingerprint density at radius 1 is 1.18 bits per heavy atom. The fourth-order valence-electron chi connectivity index (χ4n) is 2.69. The van der Waals surface area contributed by atoms with Gasteiger partial charge in [-0.1, -0.05) is 60.3 Å². The van der Waals surface area contributed by atoms with E-state index < -0.39 is 0 Å². The van der Waals surface area contributed by atoms with E-state index in [1.807, 2.05) is 37.3 Å². The van der Waals surface area contributed by atoms with Crippen LogP contribution in [0.4, 0.5) is 4.39 Å². The maximum Gasteiger partial charge on any atom is 0.251 e. The second-order valence-electron chi connectivity index (χ2n) is 6.30. The normalized spacial score (nSPS) is 11.8. The first kappa shape index (κ1) is 19.8. The average molecular weight is 397 g/mol. The lowest BCUT2D eigenvalue weighted by Crippen LogP contribution is -2.29. The predicted octanol–water partition coefficient (Wildman–Crippen LogP) is 3.62. The quantitative estimate of drug-likeness (QED) is 0.472. The van der Waals surface area contributed by atoms with Crippen molar-refractivity contribution in [2.45, 2.75) is 30.3 Å². The Morgan fingerprint density at radius 3 is 2.64 bits per heavy atom. The number of carbonyl (C=O) groups excluding carboxylic acids is 1. The van der Waals surface area contributed by atoms with E-state index in [9.17, 15) is 14.0 Å². The highest BCUT2D eigenvalue weighted by molar-refractivity contribution is 7.98. The van der Waals surface area contributed by atoms with Gasteiger partial charge >= 0.3 is 0 Å². The summed E-state index contributed by atoms with van der Waals surface area (Å²) in [5.41, 5.74) is 1.55. The number of hydrogen-bond donors (Lipinski definition) is 2. The SMILES string of the molecule is C[C@@H](NC(=O)Cc1cc(=O)[nH]c(SCc2ccccc2F)n1)c1ccccc1. The van der Waals surface area contributed by atoms with E-state index in [1.54, 1.807) is 18.2 Å². The molecule has 28 heavy (non-hydrogen) atoms. The van der Waals surface area contributed by atoms with Crippen LogP contribution in [0.2, 0.25) is 0 Å². The van der Waals surface area contributed by atoms with Crippen molar-refractivity contribution >= 4 is 17.7 Å². The number of nitrogens with zero attached hydrogens (tertiary/aromatic N) is 1. The number of nitrogens with one attached hydrogen (secondary N) is 2. The molecular formula is C21H20FN3O2S. The van der Waals surface area contributed by atoms with Crippen LogP contribution in [0.15, 0.2) is 70.6 Å². The van der Waals surface area contributed by atoms with Crippen molar-refractivity contribution in [3.63, 3.8) is 0 Å². The van der Waals surface area contributed by atoms with Gasteiger partial charge in [0.05, 0.1) is 18.2 Å². The molecule has 3 rings (SSSR count). The number of amides is 1. The van der Waals surface area contributed by atoms with Crippen molar-refractivity contribution in [2.75, 3.05) is 0 Å². The fourth-order valence-corrected chi connectivity index (χ4v) is 3.57. The van der Waals surface area contributed by atoms with Gasteiger partial charge in [-0.3, -0.25) is 9.59 Å². The lowest BCUT2D eigenvalue weighted by Gasteiger charge is -2.14. The minimum atomic E-state index is -0.343. The summed E-state index contributed by atoms with van der Waals surface area (Å²) < 4.78 is 13.7. The van der Waals surface area contributed by atoms with Crippen molar-refractivity contribution in [1.29, 1.82) is 0 Å². The smallest absolute Gasteiger partial charge is 0.251 e. The monoisotopic (exact) mass is 397 g/mol. The Bertz CT molecular complexity index is 1010. The van der Waals surface area contributed by atoms with Crippen LogP contribution in [-0.2, 0) is 17.0 Å². The topological polar surface area (TPSA) is 74.8 Å². The van der Waals surface area contributed by atoms with E-state index in [4.69, 9.17) is 0 Å². The molecule has 1 atom stereocenters. The number of rotatable bonds is 7. The highest BCUT2D eigenvalue weighted by atomic mass is 32.2. The van der Waals surface area contributed by atoms with Gasteiger partial charge in [-0.2, -0.15) is 0 Å². The summed E-state index contributed by atoms with van der Waals surface area (Å²) in [4.78, 5) is 31.2. The maximum atomic E-state index is 13.7. The zero-order chi connectivity index (χ0) is 19.9. The summed E-state index contributed by atoms with van der Waals surface area (Å²) in [7, 11) is 0. The molecule has 2 aromatic carbocycles. The number of benzene rings is 2. The van der Waals surface area contributed by atoms with Crippen LogP contribution in [0, 0.1) is 5.82 Å². The minimum Gasteiger partial charge on any atom is -0.349 e. The first-order chi connectivity index (χ1) is 13.5. The molecule has 0 saturated heterocycles. The van der Waals surface area contributed by atoms with Gasteiger partial charge in [0.25, 0.3) is 5.56 Å². The molecule has 1 amide bonds. The highest BCUT2D eigenvalue weighted by Crippen LogP contribution is 2.20. The fraction of sp³-hybridized carbons (Fsp3) is 0.190. The van der Waals surface area contributed by atoms with Gasteiger partial charge in [0.15, 0.2) is 5.16 Å². The van der Waals surface area contributed by atoms with Gasteiger partial charge in [-0.25, -0.2) is 9.37 Å². The van der Waals surface area contributed by atoms with E-state index in [1.165, 1.54) is 23.9 Å². The third-order valence-corrected chi connectivity index (χ3v) is 5.04. The molecule has 0 bridgehead atoms. The molecule has 0 aliphatic heterocycles. The van der Waals surface area contributed by atoms with Crippen LogP contribution < -0.4 is 10.9 Å². The zero-order valence-electron chi connectivity index (χ0n) is 15.3. The Hall–Kier alpha value is -2.93. The summed E-state index contributed by atoms with van der Waals surface area (Å²) >= 11 is 1.22. The van der Waals surface area contributed by atoms with Gasteiger partial charge in [-0.15, -0.1) is 0 Å².